The maximum atomic E-state index is 3.44. The Morgan fingerprint density at radius 1 is 1.00 bits per heavy atom. The summed E-state index contributed by atoms with van der Waals surface area (Å²) in [6.45, 7) is 9.59. The van der Waals surface area contributed by atoms with Crippen LogP contribution in [0.5, 0.6) is 0 Å². The Kier molecular flexibility index (Phi) is 5.27. The zero-order valence-electron chi connectivity index (χ0n) is 12.7. The first-order valence-electron chi connectivity index (χ1n) is 7.12. The first-order valence-corrected chi connectivity index (χ1v) is 7.93. The van der Waals surface area contributed by atoms with Crippen molar-refractivity contribution in [1.29, 1.82) is 0 Å². The molecule has 0 saturated heterocycles. The van der Waals surface area contributed by atoms with Gasteiger partial charge in [0.15, 0.2) is 0 Å². The summed E-state index contributed by atoms with van der Waals surface area (Å²) < 4.78 is 0. The summed E-state index contributed by atoms with van der Waals surface area (Å²) in [4.78, 5) is 2.63. The van der Waals surface area contributed by atoms with Crippen LogP contribution >= 0.6 is 11.8 Å². The molecule has 2 aromatic rings. The average molecular weight is 285 g/mol. The molecule has 1 N–H and O–H groups in total. The molecule has 0 saturated carbocycles. The standard InChI is InChI=1S/C18H23NS/c1-13(2)19-12-16-6-8-17(9-7-16)20-18-10-5-14(3)11-15(18)4/h5-11,13,19H,12H2,1-4H3. The molecule has 106 valence electrons. The van der Waals surface area contributed by atoms with Crippen LogP contribution in [0.4, 0.5) is 0 Å². The van der Waals surface area contributed by atoms with E-state index < -0.39 is 0 Å². The van der Waals surface area contributed by atoms with Gasteiger partial charge < -0.3 is 5.32 Å². The van der Waals surface area contributed by atoms with Gasteiger partial charge in [0, 0.05) is 22.4 Å². The maximum Gasteiger partial charge on any atom is 0.0207 e. The minimum atomic E-state index is 0.527. The molecule has 2 heteroatoms. The lowest BCUT2D eigenvalue weighted by Gasteiger charge is -2.09. The van der Waals surface area contributed by atoms with E-state index in [-0.39, 0.29) is 0 Å². The van der Waals surface area contributed by atoms with Crippen molar-refractivity contribution in [2.24, 2.45) is 0 Å². The summed E-state index contributed by atoms with van der Waals surface area (Å²) in [6, 6.07) is 16.0. The lowest BCUT2D eigenvalue weighted by atomic mass is 10.2. The molecule has 0 radical (unpaired) electrons. The second kappa shape index (κ2) is 6.96. The van der Waals surface area contributed by atoms with E-state index in [9.17, 15) is 0 Å². The van der Waals surface area contributed by atoms with E-state index >= 15 is 0 Å². The van der Waals surface area contributed by atoms with Gasteiger partial charge in [0.05, 0.1) is 0 Å². The van der Waals surface area contributed by atoms with Crippen molar-refractivity contribution >= 4 is 11.8 Å². The van der Waals surface area contributed by atoms with Crippen molar-refractivity contribution < 1.29 is 0 Å². The van der Waals surface area contributed by atoms with Gasteiger partial charge in [0.2, 0.25) is 0 Å². The topological polar surface area (TPSA) is 12.0 Å². The molecule has 0 atom stereocenters. The molecule has 1 nitrogen and oxygen atoms in total. The summed E-state index contributed by atoms with van der Waals surface area (Å²) in [5.74, 6) is 0. The van der Waals surface area contributed by atoms with Crippen LogP contribution in [-0.2, 0) is 6.54 Å². The molecule has 0 amide bonds. The highest BCUT2D eigenvalue weighted by Crippen LogP contribution is 2.30. The molecule has 0 aliphatic heterocycles. The van der Waals surface area contributed by atoms with Crippen molar-refractivity contribution in [1.82, 2.24) is 5.32 Å². The van der Waals surface area contributed by atoms with Crippen molar-refractivity contribution in [2.45, 2.75) is 50.1 Å². The molecule has 0 unspecified atom stereocenters. The molecule has 0 spiro atoms. The Morgan fingerprint density at radius 3 is 2.30 bits per heavy atom. The Bertz CT molecular complexity index is 558. The van der Waals surface area contributed by atoms with Crippen molar-refractivity contribution in [2.75, 3.05) is 0 Å². The van der Waals surface area contributed by atoms with Crippen LogP contribution in [-0.4, -0.2) is 6.04 Å². The summed E-state index contributed by atoms with van der Waals surface area (Å²) in [7, 11) is 0. The minimum Gasteiger partial charge on any atom is -0.310 e. The van der Waals surface area contributed by atoms with Gasteiger partial charge in [-0.1, -0.05) is 55.4 Å². The fourth-order valence-electron chi connectivity index (χ4n) is 2.04. The van der Waals surface area contributed by atoms with Gasteiger partial charge in [-0.15, -0.1) is 0 Å². The monoisotopic (exact) mass is 285 g/mol. The van der Waals surface area contributed by atoms with E-state index in [2.05, 4.69) is 75.5 Å². The lowest BCUT2D eigenvalue weighted by Crippen LogP contribution is -2.21. The van der Waals surface area contributed by atoms with Crippen LogP contribution in [0.25, 0.3) is 0 Å². The Balaban J connectivity index is 2.03. The molecule has 20 heavy (non-hydrogen) atoms. The third-order valence-electron chi connectivity index (χ3n) is 3.20. The second-order valence-corrected chi connectivity index (χ2v) is 6.67. The first-order chi connectivity index (χ1) is 9.54. The van der Waals surface area contributed by atoms with E-state index in [1.165, 1.54) is 26.5 Å². The third kappa shape index (κ3) is 4.39. The van der Waals surface area contributed by atoms with Crippen molar-refractivity contribution in [3.8, 4) is 0 Å². The zero-order valence-corrected chi connectivity index (χ0v) is 13.6. The van der Waals surface area contributed by atoms with E-state index in [1.807, 2.05) is 11.8 Å². The molecule has 0 aromatic heterocycles. The number of benzene rings is 2. The maximum absolute atomic E-state index is 3.44. The average Bonchev–Trinajstić information content (AvgIpc) is 2.41. The van der Waals surface area contributed by atoms with Crippen LogP contribution in [0.15, 0.2) is 52.3 Å². The van der Waals surface area contributed by atoms with Gasteiger partial charge in [0.25, 0.3) is 0 Å². The SMILES string of the molecule is Cc1ccc(Sc2ccc(CNC(C)C)cc2)c(C)c1. The van der Waals surface area contributed by atoms with Gasteiger partial charge in [-0.05, 0) is 43.2 Å². The van der Waals surface area contributed by atoms with Gasteiger partial charge in [-0.25, -0.2) is 0 Å². The highest BCUT2D eigenvalue weighted by molar-refractivity contribution is 7.99. The Labute approximate surface area is 126 Å². The van der Waals surface area contributed by atoms with E-state index in [4.69, 9.17) is 0 Å². The van der Waals surface area contributed by atoms with Crippen LogP contribution in [0.3, 0.4) is 0 Å². The highest BCUT2D eigenvalue weighted by atomic mass is 32.2. The predicted molar refractivity (Wildman–Crippen MR) is 88.5 cm³/mol. The number of aryl methyl sites for hydroxylation is 2. The number of hydrogen-bond donors (Lipinski definition) is 1. The molecule has 2 aromatic carbocycles. The third-order valence-corrected chi connectivity index (χ3v) is 4.38. The molecule has 0 heterocycles. The lowest BCUT2D eigenvalue weighted by molar-refractivity contribution is 0.588. The molecule has 0 aliphatic rings. The molecule has 0 aliphatic carbocycles. The fraction of sp³-hybridized carbons (Fsp3) is 0.333. The van der Waals surface area contributed by atoms with Gasteiger partial charge in [-0.3, -0.25) is 0 Å². The number of rotatable bonds is 5. The largest absolute Gasteiger partial charge is 0.310 e. The summed E-state index contributed by atoms with van der Waals surface area (Å²) in [6.07, 6.45) is 0. The molecular formula is C18H23NS. The van der Waals surface area contributed by atoms with E-state index in [0.29, 0.717) is 6.04 Å². The highest BCUT2D eigenvalue weighted by Gasteiger charge is 2.02. The van der Waals surface area contributed by atoms with Gasteiger partial charge in [-0.2, -0.15) is 0 Å². The zero-order chi connectivity index (χ0) is 14.5. The fourth-order valence-corrected chi connectivity index (χ4v) is 2.92. The summed E-state index contributed by atoms with van der Waals surface area (Å²) in [5, 5.41) is 3.44. The smallest absolute Gasteiger partial charge is 0.0207 e. The normalized spacial score (nSPS) is 11.1. The second-order valence-electron chi connectivity index (χ2n) is 5.55. The van der Waals surface area contributed by atoms with Crippen LogP contribution in [0.2, 0.25) is 0 Å². The van der Waals surface area contributed by atoms with Gasteiger partial charge in [0.1, 0.15) is 0 Å². The number of nitrogens with one attached hydrogen (secondary N) is 1. The van der Waals surface area contributed by atoms with Crippen molar-refractivity contribution in [3.05, 3.63) is 59.2 Å². The van der Waals surface area contributed by atoms with Crippen LogP contribution in [0.1, 0.15) is 30.5 Å². The van der Waals surface area contributed by atoms with Crippen LogP contribution < -0.4 is 5.32 Å². The molecular weight excluding hydrogens is 262 g/mol. The van der Waals surface area contributed by atoms with Crippen LogP contribution in [0, 0.1) is 13.8 Å². The first kappa shape index (κ1) is 15.1. The molecule has 0 bridgehead atoms. The Hall–Kier alpha value is -1.25. The predicted octanol–water partition coefficient (Wildman–Crippen LogP) is 4.95. The number of hydrogen-bond acceptors (Lipinski definition) is 2. The molecule has 0 fully saturated rings. The van der Waals surface area contributed by atoms with Gasteiger partial charge >= 0.3 is 0 Å². The molecule has 2 rings (SSSR count). The Morgan fingerprint density at radius 2 is 1.70 bits per heavy atom. The van der Waals surface area contributed by atoms with Crippen molar-refractivity contribution in [3.63, 3.8) is 0 Å². The quantitative estimate of drug-likeness (QED) is 0.834. The van der Waals surface area contributed by atoms with E-state index in [1.54, 1.807) is 0 Å². The summed E-state index contributed by atoms with van der Waals surface area (Å²) >= 11 is 1.84. The minimum absolute atomic E-state index is 0.527. The summed E-state index contributed by atoms with van der Waals surface area (Å²) in [5.41, 5.74) is 4.01. The van der Waals surface area contributed by atoms with E-state index in [0.717, 1.165) is 6.54 Å².